The predicted octanol–water partition coefficient (Wildman–Crippen LogP) is 1.72. The molecule has 0 unspecified atom stereocenters. The Kier molecular flexibility index (Phi) is 4.24. The highest BCUT2D eigenvalue weighted by molar-refractivity contribution is 8.00. The molecule has 0 saturated carbocycles. The second kappa shape index (κ2) is 5.89. The van der Waals surface area contributed by atoms with Crippen LogP contribution >= 0.6 is 23.3 Å². The molecule has 3 N–H and O–H groups in total. The molecule has 0 aliphatic carbocycles. The number of hydrogen-bond donors (Lipinski definition) is 2. The molecule has 0 saturated heterocycles. The summed E-state index contributed by atoms with van der Waals surface area (Å²) in [4.78, 5) is 12.8. The Hall–Kier alpha value is -1.25. The Morgan fingerprint density at radius 2 is 2.35 bits per heavy atom. The van der Waals surface area contributed by atoms with E-state index >= 15 is 0 Å². The Morgan fingerprint density at radius 1 is 1.47 bits per heavy atom. The van der Waals surface area contributed by atoms with E-state index in [0.29, 0.717) is 5.82 Å². The lowest BCUT2D eigenvalue weighted by atomic mass is 10.3. The van der Waals surface area contributed by atoms with E-state index in [4.69, 9.17) is 5.84 Å². The number of nitrogens with zero attached hydrogens (tertiary/aromatic N) is 4. The van der Waals surface area contributed by atoms with Gasteiger partial charge in [-0.2, -0.15) is 4.37 Å². The molecule has 6 nitrogen and oxygen atoms in total. The van der Waals surface area contributed by atoms with Crippen LogP contribution in [-0.2, 0) is 6.42 Å². The number of aryl methyl sites for hydroxylation is 1. The Labute approximate surface area is 107 Å². The molecule has 2 heterocycles. The topological polar surface area (TPSA) is 89.6 Å². The molecule has 90 valence electrons. The number of nitrogens with two attached hydrogens (primary N) is 1. The van der Waals surface area contributed by atoms with Gasteiger partial charge in [0, 0.05) is 12.5 Å². The van der Waals surface area contributed by atoms with E-state index in [1.54, 1.807) is 6.07 Å². The van der Waals surface area contributed by atoms with Crippen molar-refractivity contribution in [3.63, 3.8) is 0 Å². The SMILES string of the molecule is CCCc1nc(NN)cc(Sc2ncns2)n1. The summed E-state index contributed by atoms with van der Waals surface area (Å²) >= 11 is 2.80. The van der Waals surface area contributed by atoms with Crippen molar-refractivity contribution in [3.8, 4) is 0 Å². The summed E-state index contributed by atoms with van der Waals surface area (Å²) in [5.74, 6) is 6.79. The van der Waals surface area contributed by atoms with Crippen LogP contribution in [0.15, 0.2) is 21.8 Å². The zero-order chi connectivity index (χ0) is 12.1. The maximum Gasteiger partial charge on any atom is 0.175 e. The molecule has 2 aromatic heterocycles. The maximum absolute atomic E-state index is 5.38. The smallest absolute Gasteiger partial charge is 0.175 e. The average Bonchev–Trinajstić information content (AvgIpc) is 2.82. The third-order valence-electron chi connectivity index (χ3n) is 1.90. The van der Waals surface area contributed by atoms with Gasteiger partial charge in [0.2, 0.25) is 0 Å². The van der Waals surface area contributed by atoms with E-state index in [1.807, 2.05) is 0 Å². The van der Waals surface area contributed by atoms with Crippen LogP contribution in [0.5, 0.6) is 0 Å². The van der Waals surface area contributed by atoms with Crippen molar-refractivity contribution in [2.45, 2.75) is 29.1 Å². The molecule has 0 amide bonds. The highest BCUT2D eigenvalue weighted by atomic mass is 32.2. The fourth-order valence-electron chi connectivity index (χ4n) is 1.23. The first-order chi connectivity index (χ1) is 8.31. The lowest BCUT2D eigenvalue weighted by Crippen LogP contribution is -2.10. The quantitative estimate of drug-likeness (QED) is 0.484. The zero-order valence-electron chi connectivity index (χ0n) is 9.25. The van der Waals surface area contributed by atoms with Crippen LogP contribution in [0.4, 0.5) is 5.82 Å². The normalized spacial score (nSPS) is 10.5. The van der Waals surface area contributed by atoms with Gasteiger partial charge in [0.25, 0.3) is 0 Å². The van der Waals surface area contributed by atoms with Crippen molar-refractivity contribution in [1.29, 1.82) is 0 Å². The van der Waals surface area contributed by atoms with Crippen molar-refractivity contribution >= 4 is 29.1 Å². The molecule has 0 radical (unpaired) electrons. The van der Waals surface area contributed by atoms with Crippen molar-refractivity contribution < 1.29 is 0 Å². The van der Waals surface area contributed by atoms with Gasteiger partial charge in [-0.05, 0) is 29.7 Å². The largest absolute Gasteiger partial charge is 0.308 e. The van der Waals surface area contributed by atoms with Crippen molar-refractivity contribution in [2.75, 3.05) is 5.43 Å². The number of hydrogen-bond acceptors (Lipinski definition) is 8. The van der Waals surface area contributed by atoms with Gasteiger partial charge in [-0.15, -0.1) is 0 Å². The third kappa shape index (κ3) is 3.35. The first-order valence-corrected chi connectivity index (χ1v) is 6.70. The molecule has 0 bridgehead atoms. The van der Waals surface area contributed by atoms with Gasteiger partial charge in [0.15, 0.2) is 4.34 Å². The highest BCUT2D eigenvalue weighted by Crippen LogP contribution is 2.27. The lowest BCUT2D eigenvalue weighted by Gasteiger charge is -2.05. The fourth-order valence-corrected chi connectivity index (χ4v) is 2.65. The van der Waals surface area contributed by atoms with Crippen LogP contribution in [0.25, 0.3) is 0 Å². The molecule has 8 heteroatoms. The minimum Gasteiger partial charge on any atom is -0.308 e. The Bertz CT molecular complexity index is 472. The standard InChI is InChI=1S/C9H12N6S2/c1-2-3-6-13-7(15-10)4-8(14-6)16-9-11-5-12-17-9/h4-5H,2-3,10H2,1H3,(H,13,14,15). The number of nitrogens with one attached hydrogen (secondary N) is 1. The molecule has 0 aliphatic rings. The number of anilines is 1. The molecular weight excluding hydrogens is 256 g/mol. The number of hydrazine groups is 1. The Balaban J connectivity index is 2.23. The summed E-state index contributed by atoms with van der Waals surface area (Å²) in [6, 6.07) is 1.80. The summed E-state index contributed by atoms with van der Waals surface area (Å²) < 4.78 is 4.80. The molecule has 0 aromatic carbocycles. The molecule has 17 heavy (non-hydrogen) atoms. The summed E-state index contributed by atoms with van der Waals surface area (Å²) in [5, 5.41) is 0.827. The van der Waals surface area contributed by atoms with Gasteiger partial charge < -0.3 is 5.43 Å². The van der Waals surface area contributed by atoms with Crippen molar-refractivity contribution in [1.82, 2.24) is 19.3 Å². The van der Waals surface area contributed by atoms with Crippen LogP contribution < -0.4 is 11.3 Å². The average molecular weight is 268 g/mol. The van der Waals surface area contributed by atoms with Gasteiger partial charge in [-0.25, -0.2) is 20.8 Å². The van der Waals surface area contributed by atoms with E-state index in [0.717, 1.165) is 28.0 Å². The van der Waals surface area contributed by atoms with Crippen LogP contribution in [0.2, 0.25) is 0 Å². The van der Waals surface area contributed by atoms with E-state index in [1.165, 1.54) is 29.6 Å². The molecule has 0 aliphatic heterocycles. The van der Waals surface area contributed by atoms with Gasteiger partial charge in [-0.1, -0.05) is 6.92 Å². The van der Waals surface area contributed by atoms with Gasteiger partial charge in [-0.3, -0.25) is 0 Å². The van der Waals surface area contributed by atoms with Gasteiger partial charge >= 0.3 is 0 Å². The summed E-state index contributed by atoms with van der Waals surface area (Å²) in [6.07, 6.45) is 3.36. The molecule has 0 fully saturated rings. The van der Waals surface area contributed by atoms with E-state index in [9.17, 15) is 0 Å². The molecular formula is C9H12N6S2. The zero-order valence-corrected chi connectivity index (χ0v) is 10.9. The van der Waals surface area contributed by atoms with Crippen molar-refractivity contribution in [2.24, 2.45) is 5.84 Å². The summed E-state index contributed by atoms with van der Waals surface area (Å²) in [5.41, 5.74) is 2.55. The molecule has 0 spiro atoms. The third-order valence-corrected chi connectivity index (χ3v) is 3.54. The second-order valence-corrected chi connectivity index (χ2v) is 5.26. The monoisotopic (exact) mass is 268 g/mol. The minimum absolute atomic E-state index is 0.621. The molecule has 2 aromatic rings. The van der Waals surface area contributed by atoms with E-state index in [2.05, 4.69) is 31.7 Å². The summed E-state index contributed by atoms with van der Waals surface area (Å²) in [6.45, 7) is 2.09. The fraction of sp³-hybridized carbons (Fsp3) is 0.333. The van der Waals surface area contributed by atoms with Crippen LogP contribution in [0.1, 0.15) is 19.2 Å². The first kappa shape index (κ1) is 12.2. The van der Waals surface area contributed by atoms with Gasteiger partial charge in [0.05, 0.1) is 0 Å². The van der Waals surface area contributed by atoms with E-state index < -0.39 is 0 Å². The van der Waals surface area contributed by atoms with Crippen LogP contribution in [0, 0.1) is 0 Å². The lowest BCUT2D eigenvalue weighted by molar-refractivity contribution is 0.810. The number of aromatic nitrogens is 4. The predicted molar refractivity (Wildman–Crippen MR) is 67.9 cm³/mol. The van der Waals surface area contributed by atoms with Crippen LogP contribution in [-0.4, -0.2) is 19.3 Å². The molecule has 2 rings (SSSR count). The van der Waals surface area contributed by atoms with Crippen molar-refractivity contribution in [3.05, 3.63) is 18.2 Å². The Morgan fingerprint density at radius 3 is 3.00 bits per heavy atom. The number of nitrogen functional groups attached to an aromatic ring is 1. The maximum atomic E-state index is 5.38. The first-order valence-electron chi connectivity index (χ1n) is 5.11. The molecule has 0 atom stereocenters. The van der Waals surface area contributed by atoms with Crippen LogP contribution in [0.3, 0.4) is 0 Å². The van der Waals surface area contributed by atoms with E-state index in [-0.39, 0.29) is 0 Å². The second-order valence-electron chi connectivity index (χ2n) is 3.21. The minimum atomic E-state index is 0.621. The number of rotatable bonds is 5. The highest BCUT2D eigenvalue weighted by Gasteiger charge is 2.07. The summed E-state index contributed by atoms with van der Waals surface area (Å²) in [7, 11) is 0. The van der Waals surface area contributed by atoms with Gasteiger partial charge in [0.1, 0.15) is 23.0 Å².